The molecule has 0 aliphatic rings. The van der Waals surface area contributed by atoms with Crippen molar-refractivity contribution < 1.29 is 29.9 Å². The van der Waals surface area contributed by atoms with Gasteiger partial charge in [0.2, 0.25) is 0 Å². The Bertz CT molecular complexity index is 626. The monoisotopic (exact) mass is 334 g/mol. The molecular formula is C18H22O6. The molecule has 0 radical (unpaired) electrons. The average molecular weight is 334 g/mol. The second-order valence-electron chi connectivity index (χ2n) is 5.21. The highest BCUT2D eigenvalue weighted by atomic mass is 16.5. The van der Waals surface area contributed by atoms with Crippen molar-refractivity contribution in [1.82, 2.24) is 0 Å². The molecule has 130 valence electrons. The number of ether oxygens (including phenoxy) is 2. The first-order valence-electron chi connectivity index (χ1n) is 7.75. The molecule has 0 fully saturated rings. The van der Waals surface area contributed by atoms with Crippen LogP contribution in [-0.4, -0.2) is 33.6 Å². The summed E-state index contributed by atoms with van der Waals surface area (Å²) in [7, 11) is 0. The molecule has 0 spiro atoms. The summed E-state index contributed by atoms with van der Waals surface area (Å²) < 4.78 is 10.6. The third kappa shape index (κ3) is 3.90. The maximum Gasteiger partial charge on any atom is 0.161 e. The minimum absolute atomic E-state index is 0.0365. The number of phenols is 2. The minimum Gasteiger partial charge on any atom is -0.504 e. The van der Waals surface area contributed by atoms with E-state index < -0.39 is 12.2 Å². The van der Waals surface area contributed by atoms with Crippen LogP contribution in [0.1, 0.15) is 37.2 Å². The molecule has 0 aromatic heterocycles. The van der Waals surface area contributed by atoms with E-state index in [4.69, 9.17) is 9.47 Å². The Morgan fingerprint density at radius 3 is 1.46 bits per heavy atom. The molecule has 6 heteroatoms. The summed E-state index contributed by atoms with van der Waals surface area (Å²) >= 11 is 0. The van der Waals surface area contributed by atoms with Crippen LogP contribution in [0.5, 0.6) is 23.0 Å². The molecule has 2 aromatic carbocycles. The molecule has 2 rings (SSSR count). The number of phenolic OH excluding ortho intramolecular Hbond substituents is 2. The van der Waals surface area contributed by atoms with E-state index in [9.17, 15) is 20.4 Å². The van der Waals surface area contributed by atoms with Gasteiger partial charge in [0.1, 0.15) is 12.2 Å². The van der Waals surface area contributed by atoms with Crippen LogP contribution in [0.3, 0.4) is 0 Å². The predicted octanol–water partition coefficient (Wildman–Crippen LogP) is 2.66. The Hall–Kier alpha value is -2.44. The van der Waals surface area contributed by atoms with Crippen LogP contribution in [0.4, 0.5) is 0 Å². The fourth-order valence-corrected chi connectivity index (χ4v) is 2.34. The van der Waals surface area contributed by atoms with E-state index in [1.807, 2.05) is 0 Å². The van der Waals surface area contributed by atoms with Gasteiger partial charge in [0, 0.05) is 0 Å². The van der Waals surface area contributed by atoms with Crippen molar-refractivity contribution in [3.05, 3.63) is 47.5 Å². The zero-order valence-electron chi connectivity index (χ0n) is 13.6. The first kappa shape index (κ1) is 17.9. The van der Waals surface area contributed by atoms with Crippen LogP contribution in [0, 0.1) is 0 Å². The van der Waals surface area contributed by atoms with Gasteiger partial charge >= 0.3 is 0 Å². The molecule has 0 unspecified atom stereocenters. The molecular weight excluding hydrogens is 312 g/mol. The topological polar surface area (TPSA) is 99.4 Å². The molecule has 0 aliphatic heterocycles. The zero-order valence-corrected chi connectivity index (χ0v) is 13.6. The number of aromatic hydroxyl groups is 2. The lowest BCUT2D eigenvalue weighted by atomic mass is 9.97. The summed E-state index contributed by atoms with van der Waals surface area (Å²) in [5, 5.41) is 40.3. The SMILES string of the molecule is CCOc1cc([C@@H](O)[C@@H](O)c2ccc(O)c(OCC)c2)ccc1O. The van der Waals surface area contributed by atoms with Crippen LogP contribution in [0.2, 0.25) is 0 Å². The number of hydrogen-bond acceptors (Lipinski definition) is 6. The molecule has 0 amide bonds. The van der Waals surface area contributed by atoms with Crippen molar-refractivity contribution >= 4 is 0 Å². The van der Waals surface area contributed by atoms with E-state index in [2.05, 4.69) is 0 Å². The molecule has 0 heterocycles. The van der Waals surface area contributed by atoms with Gasteiger partial charge in [-0.2, -0.15) is 0 Å². The Balaban J connectivity index is 2.27. The quantitative estimate of drug-likeness (QED) is 0.621. The van der Waals surface area contributed by atoms with Crippen molar-refractivity contribution in [2.24, 2.45) is 0 Å². The summed E-state index contributed by atoms with van der Waals surface area (Å²) in [5.74, 6) is 0.403. The van der Waals surface area contributed by atoms with Gasteiger partial charge < -0.3 is 29.9 Å². The number of aliphatic hydroxyl groups excluding tert-OH is 2. The standard InChI is InChI=1S/C18H22O6/c1-3-23-15-9-11(5-7-13(15)19)17(21)18(22)12-6-8-14(20)16(10-12)24-4-2/h5-10,17-22H,3-4H2,1-2H3/t17-,18+. The summed E-state index contributed by atoms with van der Waals surface area (Å²) in [6.45, 7) is 4.29. The molecule has 24 heavy (non-hydrogen) atoms. The van der Waals surface area contributed by atoms with E-state index in [1.54, 1.807) is 13.8 Å². The van der Waals surface area contributed by atoms with Crippen LogP contribution < -0.4 is 9.47 Å². The largest absolute Gasteiger partial charge is 0.504 e. The van der Waals surface area contributed by atoms with Gasteiger partial charge in [-0.05, 0) is 49.2 Å². The maximum atomic E-state index is 10.4. The third-order valence-corrected chi connectivity index (χ3v) is 3.55. The van der Waals surface area contributed by atoms with Crippen molar-refractivity contribution in [3.63, 3.8) is 0 Å². The lowest BCUT2D eigenvalue weighted by molar-refractivity contribution is 0.0169. The van der Waals surface area contributed by atoms with Crippen LogP contribution in [0.25, 0.3) is 0 Å². The summed E-state index contributed by atoms with van der Waals surface area (Å²) in [5.41, 5.74) is 0.796. The fourth-order valence-electron chi connectivity index (χ4n) is 2.34. The fraction of sp³-hybridized carbons (Fsp3) is 0.333. The minimum atomic E-state index is -1.23. The van der Waals surface area contributed by atoms with E-state index in [-0.39, 0.29) is 23.0 Å². The summed E-state index contributed by atoms with van der Waals surface area (Å²) in [4.78, 5) is 0. The molecule has 2 aromatic rings. The molecule has 0 aliphatic carbocycles. The maximum absolute atomic E-state index is 10.4. The molecule has 2 atom stereocenters. The molecule has 6 nitrogen and oxygen atoms in total. The van der Waals surface area contributed by atoms with Crippen LogP contribution >= 0.6 is 0 Å². The van der Waals surface area contributed by atoms with Gasteiger partial charge in [0.05, 0.1) is 13.2 Å². The number of rotatable bonds is 7. The van der Waals surface area contributed by atoms with Crippen molar-refractivity contribution in [3.8, 4) is 23.0 Å². The molecule has 0 saturated carbocycles. The summed E-state index contributed by atoms with van der Waals surface area (Å²) in [6.07, 6.45) is -2.47. The second kappa shape index (κ2) is 7.90. The van der Waals surface area contributed by atoms with Gasteiger partial charge in [-0.25, -0.2) is 0 Å². The smallest absolute Gasteiger partial charge is 0.161 e. The van der Waals surface area contributed by atoms with Crippen molar-refractivity contribution in [2.75, 3.05) is 13.2 Å². The zero-order chi connectivity index (χ0) is 17.7. The highest BCUT2D eigenvalue weighted by molar-refractivity contribution is 5.45. The normalized spacial score (nSPS) is 13.3. The predicted molar refractivity (Wildman–Crippen MR) is 88.5 cm³/mol. The molecule has 0 bridgehead atoms. The molecule has 0 saturated heterocycles. The van der Waals surface area contributed by atoms with E-state index in [0.29, 0.717) is 24.3 Å². The van der Waals surface area contributed by atoms with Crippen molar-refractivity contribution in [1.29, 1.82) is 0 Å². The Labute approximate surface area is 140 Å². The average Bonchev–Trinajstić information content (AvgIpc) is 2.58. The Kier molecular flexibility index (Phi) is 5.89. The highest BCUT2D eigenvalue weighted by Gasteiger charge is 2.22. The van der Waals surface area contributed by atoms with E-state index >= 15 is 0 Å². The van der Waals surface area contributed by atoms with Crippen LogP contribution in [0.15, 0.2) is 36.4 Å². The summed E-state index contributed by atoms with van der Waals surface area (Å²) in [6, 6.07) is 8.79. The Morgan fingerprint density at radius 1 is 0.750 bits per heavy atom. The van der Waals surface area contributed by atoms with Gasteiger partial charge in [-0.3, -0.25) is 0 Å². The first-order chi connectivity index (χ1) is 11.5. The lowest BCUT2D eigenvalue weighted by Crippen LogP contribution is -2.11. The van der Waals surface area contributed by atoms with Crippen molar-refractivity contribution in [2.45, 2.75) is 26.1 Å². The lowest BCUT2D eigenvalue weighted by Gasteiger charge is -2.20. The Morgan fingerprint density at radius 2 is 1.12 bits per heavy atom. The highest BCUT2D eigenvalue weighted by Crippen LogP contribution is 2.37. The van der Waals surface area contributed by atoms with Crippen LogP contribution in [-0.2, 0) is 0 Å². The van der Waals surface area contributed by atoms with Gasteiger partial charge in [0.25, 0.3) is 0 Å². The van der Waals surface area contributed by atoms with Gasteiger partial charge in [-0.15, -0.1) is 0 Å². The number of benzene rings is 2. The third-order valence-electron chi connectivity index (χ3n) is 3.55. The molecule has 4 N–H and O–H groups in total. The first-order valence-corrected chi connectivity index (χ1v) is 7.75. The number of aliphatic hydroxyl groups is 2. The number of hydrogen-bond donors (Lipinski definition) is 4. The van der Waals surface area contributed by atoms with Gasteiger partial charge in [0.15, 0.2) is 23.0 Å². The van der Waals surface area contributed by atoms with E-state index in [1.165, 1.54) is 36.4 Å². The second-order valence-corrected chi connectivity index (χ2v) is 5.21. The van der Waals surface area contributed by atoms with Gasteiger partial charge in [-0.1, -0.05) is 12.1 Å². The van der Waals surface area contributed by atoms with E-state index in [0.717, 1.165) is 0 Å².